The molecule has 0 bridgehead atoms. The topological polar surface area (TPSA) is 12.9 Å². The van der Waals surface area contributed by atoms with E-state index in [0.717, 1.165) is 17.4 Å². The van der Waals surface area contributed by atoms with Crippen LogP contribution >= 0.6 is 15.9 Å². The number of aromatic nitrogens is 1. The molecule has 1 heterocycles. The molecular formula is C10H11BrFN. The molecule has 1 fully saturated rings. The van der Waals surface area contributed by atoms with Crippen LogP contribution in [0, 0.1) is 11.7 Å². The molecule has 0 radical (unpaired) electrons. The number of hydrogen-bond donors (Lipinski definition) is 0. The first-order chi connectivity index (χ1) is 6.16. The molecule has 1 saturated carbocycles. The summed E-state index contributed by atoms with van der Waals surface area (Å²) in [7, 11) is 0. The van der Waals surface area contributed by atoms with Crippen molar-refractivity contribution < 1.29 is 4.39 Å². The zero-order valence-electron chi connectivity index (χ0n) is 7.43. The molecule has 0 aliphatic heterocycles. The van der Waals surface area contributed by atoms with Crippen molar-refractivity contribution in [3.05, 3.63) is 29.8 Å². The van der Waals surface area contributed by atoms with Gasteiger partial charge in [-0.15, -0.1) is 0 Å². The van der Waals surface area contributed by atoms with Gasteiger partial charge >= 0.3 is 0 Å². The van der Waals surface area contributed by atoms with E-state index in [-0.39, 0.29) is 11.2 Å². The van der Waals surface area contributed by atoms with Crippen molar-refractivity contribution in [1.82, 2.24) is 4.98 Å². The largest absolute Gasteiger partial charge is 0.258 e. The summed E-state index contributed by atoms with van der Waals surface area (Å²) in [4.78, 5) is 4.11. The average molecular weight is 244 g/mol. The minimum atomic E-state index is -0.261. The van der Waals surface area contributed by atoms with Crippen molar-refractivity contribution in [1.29, 1.82) is 0 Å². The first-order valence-corrected chi connectivity index (χ1v) is 5.47. The third-order valence-corrected chi connectivity index (χ3v) is 3.69. The van der Waals surface area contributed by atoms with E-state index in [0.29, 0.717) is 5.92 Å². The van der Waals surface area contributed by atoms with E-state index in [1.165, 1.54) is 12.3 Å². The molecule has 2 unspecified atom stereocenters. The van der Waals surface area contributed by atoms with Crippen LogP contribution in [0.1, 0.15) is 19.0 Å². The fourth-order valence-electron chi connectivity index (χ4n) is 1.71. The van der Waals surface area contributed by atoms with Crippen molar-refractivity contribution in [3.63, 3.8) is 0 Å². The molecule has 1 aromatic heterocycles. The molecule has 70 valence electrons. The van der Waals surface area contributed by atoms with Gasteiger partial charge in [-0.3, -0.25) is 4.98 Å². The molecule has 3 heteroatoms. The van der Waals surface area contributed by atoms with Gasteiger partial charge in [0.2, 0.25) is 0 Å². The first-order valence-electron chi connectivity index (χ1n) is 4.35. The van der Waals surface area contributed by atoms with E-state index in [2.05, 4.69) is 27.8 Å². The van der Waals surface area contributed by atoms with E-state index in [4.69, 9.17) is 0 Å². The Morgan fingerprint density at radius 2 is 2.46 bits per heavy atom. The standard InChI is InChI=1S/C10H11BrFN/c1-10(4-7(10)5-11)9-3-2-8(12)6-13-9/h2-3,6-7H,4-5H2,1H3. The Bertz CT molecular complexity index is 311. The van der Waals surface area contributed by atoms with Crippen LogP contribution in [0.4, 0.5) is 4.39 Å². The molecule has 1 aromatic rings. The predicted molar refractivity (Wildman–Crippen MR) is 53.4 cm³/mol. The fraction of sp³-hybridized carbons (Fsp3) is 0.500. The van der Waals surface area contributed by atoms with Gasteiger partial charge in [-0.05, 0) is 24.5 Å². The molecule has 2 atom stereocenters. The summed E-state index contributed by atoms with van der Waals surface area (Å²) in [6.07, 6.45) is 2.45. The Kier molecular flexibility index (Phi) is 2.14. The van der Waals surface area contributed by atoms with Gasteiger partial charge in [-0.2, -0.15) is 0 Å². The van der Waals surface area contributed by atoms with E-state index in [1.807, 2.05) is 0 Å². The lowest BCUT2D eigenvalue weighted by Crippen LogP contribution is -2.07. The Morgan fingerprint density at radius 3 is 2.92 bits per heavy atom. The van der Waals surface area contributed by atoms with Crippen LogP contribution in [-0.2, 0) is 5.41 Å². The number of halogens is 2. The second kappa shape index (κ2) is 3.05. The van der Waals surface area contributed by atoms with Crippen LogP contribution < -0.4 is 0 Å². The smallest absolute Gasteiger partial charge is 0.141 e. The second-order valence-electron chi connectivity index (χ2n) is 3.83. The first kappa shape index (κ1) is 9.13. The summed E-state index contributed by atoms with van der Waals surface area (Å²) in [5.41, 5.74) is 1.19. The zero-order valence-corrected chi connectivity index (χ0v) is 9.01. The summed E-state index contributed by atoms with van der Waals surface area (Å²) >= 11 is 3.46. The number of pyridine rings is 1. The molecule has 1 aliphatic carbocycles. The van der Waals surface area contributed by atoms with Crippen LogP contribution in [0.2, 0.25) is 0 Å². The molecule has 0 amide bonds. The predicted octanol–water partition coefficient (Wildman–Crippen LogP) is 2.89. The lowest BCUT2D eigenvalue weighted by atomic mass is 10.0. The molecule has 0 saturated heterocycles. The lowest BCUT2D eigenvalue weighted by molar-refractivity contribution is 0.609. The van der Waals surface area contributed by atoms with Crippen molar-refractivity contribution >= 4 is 15.9 Å². The van der Waals surface area contributed by atoms with Crippen molar-refractivity contribution in [2.24, 2.45) is 5.92 Å². The molecule has 1 nitrogen and oxygen atoms in total. The van der Waals surface area contributed by atoms with Gasteiger partial charge < -0.3 is 0 Å². The average Bonchev–Trinajstić information content (AvgIpc) is 2.80. The van der Waals surface area contributed by atoms with Crippen LogP contribution in [0.3, 0.4) is 0 Å². The van der Waals surface area contributed by atoms with Gasteiger partial charge in [-0.1, -0.05) is 22.9 Å². The molecule has 2 rings (SSSR count). The Balaban J connectivity index is 2.23. The Morgan fingerprint density at radius 1 is 1.69 bits per heavy atom. The fourth-order valence-corrected chi connectivity index (χ4v) is 2.65. The van der Waals surface area contributed by atoms with Crippen LogP contribution in [-0.4, -0.2) is 10.3 Å². The molecule has 1 aliphatic rings. The van der Waals surface area contributed by atoms with Crippen molar-refractivity contribution in [2.75, 3.05) is 5.33 Å². The zero-order chi connectivity index (χ0) is 9.47. The summed E-state index contributed by atoms with van der Waals surface area (Å²) in [6, 6.07) is 3.27. The maximum Gasteiger partial charge on any atom is 0.141 e. The maximum atomic E-state index is 12.6. The Hall–Kier alpha value is -0.440. The van der Waals surface area contributed by atoms with E-state index in [9.17, 15) is 4.39 Å². The van der Waals surface area contributed by atoms with Gasteiger partial charge in [0.05, 0.1) is 6.20 Å². The number of rotatable bonds is 2. The summed E-state index contributed by atoms with van der Waals surface area (Å²) in [6.45, 7) is 2.18. The quantitative estimate of drug-likeness (QED) is 0.729. The molecule has 0 spiro atoms. The summed E-state index contributed by atoms with van der Waals surface area (Å²) in [5.74, 6) is 0.397. The van der Waals surface area contributed by atoms with Crippen LogP contribution in [0.25, 0.3) is 0 Å². The van der Waals surface area contributed by atoms with Crippen LogP contribution in [0.5, 0.6) is 0 Å². The van der Waals surface area contributed by atoms with Gasteiger partial charge in [0.1, 0.15) is 5.82 Å². The SMILES string of the molecule is CC1(c2ccc(F)cn2)CC1CBr. The molecule has 0 aromatic carbocycles. The molecular weight excluding hydrogens is 233 g/mol. The summed E-state index contributed by atoms with van der Waals surface area (Å²) < 4.78 is 12.6. The van der Waals surface area contributed by atoms with Gasteiger partial charge in [0.15, 0.2) is 0 Å². The third-order valence-electron chi connectivity index (χ3n) is 2.91. The highest BCUT2D eigenvalue weighted by Crippen LogP contribution is 2.53. The van der Waals surface area contributed by atoms with Gasteiger partial charge in [-0.25, -0.2) is 4.39 Å². The van der Waals surface area contributed by atoms with Crippen molar-refractivity contribution in [2.45, 2.75) is 18.8 Å². The lowest BCUT2D eigenvalue weighted by Gasteiger charge is -2.08. The monoisotopic (exact) mass is 243 g/mol. The molecule has 13 heavy (non-hydrogen) atoms. The minimum Gasteiger partial charge on any atom is -0.258 e. The van der Waals surface area contributed by atoms with E-state index < -0.39 is 0 Å². The summed E-state index contributed by atoms with van der Waals surface area (Å²) in [5, 5.41) is 1.00. The number of alkyl halides is 1. The minimum absolute atomic E-state index is 0.178. The van der Waals surface area contributed by atoms with E-state index >= 15 is 0 Å². The van der Waals surface area contributed by atoms with Crippen molar-refractivity contribution in [3.8, 4) is 0 Å². The highest BCUT2D eigenvalue weighted by molar-refractivity contribution is 9.09. The van der Waals surface area contributed by atoms with Gasteiger partial charge in [0.25, 0.3) is 0 Å². The maximum absolute atomic E-state index is 12.6. The normalized spacial score (nSPS) is 31.8. The molecule has 0 N–H and O–H groups in total. The Labute approximate surface area is 85.5 Å². The number of nitrogens with zero attached hydrogens (tertiary/aromatic N) is 1. The third kappa shape index (κ3) is 1.50. The number of hydrogen-bond acceptors (Lipinski definition) is 1. The van der Waals surface area contributed by atoms with Gasteiger partial charge in [0, 0.05) is 16.4 Å². The second-order valence-corrected chi connectivity index (χ2v) is 4.48. The van der Waals surface area contributed by atoms with E-state index in [1.54, 1.807) is 6.07 Å². The highest BCUT2D eigenvalue weighted by Gasteiger charge is 2.51. The highest BCUT2D eigenvalue weighted by atomic mass is 79.9. The van der Waals surface area contributed by atoms with Crippen LogP contribution in [0.15, 0.2) is 18.3 Å².